The van der Waals surface area contributed by atoms with Crippen LogP contribution in [0.3, 0.4) is 0 Å². The van der Waals surface area contributed by atoms with Gasteiger partial charge in [0.2, 0.25) is 0 Å². The van der Waals surface area contributed by atoms with E-state index in [0.717, 1.165) is 6.08 Å². The lowest BCUT2D eigenvalue weighted by molar-refractivity contribution is -0.135. The number of hydrogen-bond acceptors (Lipinski definition) is 2. The molecule has 3 heteroatoms. The van der Waals surface area contributed by atoms with Gasteiger partial charge < -0.3 is 4.74 Å². The fourth-order valence-corrected chi connectivity index (χ4v) is 0.232. The SMILES string of the molecule is C=CC(=O)OC(F)=C(C)C. The standard InChI is InChI=1S/C7H9FO2/c1-4-6(9)10-7(8)5(2)3/h4H,1H2,2-3H3. The molecule has 10 heavy (non-hydrogen) atoms. The highest BCUT2D eigenvalue weighted by Crippen LogP contribution is 2.06. The van der Waals surface area contributed by atoms with Crippen molar-refractivity contribution in [1.82, 2.24) is 0 Å². The number of ether oxygens (including phenoxy) is 1. The Labute approximate surface area is 59.0 Å². The molecule has 0 heterocycles. The minimum absolute atomic E-state index is 0.329. The summed E-state index contributed by atoms with van der Waals surface area (Å²) in [5.41, 5.74) is 0.329. The third-order valence-electron chi connectivity index (χ3n) is 0.750. The van der Waals surface area contributed by atoms with E-state index >= 15 is 0 Å². The van der Waals surface area contributed by atoms with Crippen molar-refractivity contribution in [2.75, 3.05) is 0 Å². The number of carbonyl (C=O) groups excluding carboxylic acids is 1. The second-order valence-electron chi connectivity index (χ2n) is 1.90. The maximum absolute atomic E-state index is 12.4. The summed E-state index contributed by atoms with van der Waals surface area (Å²) in [6, 6.07) is -0.857. The van der Waals surface area contributed by atoms with Gasteiger partial charge in [-0.05, 0) is 19.4 Å². The van der Waals surface area contributed by atoms with E-state index in [9.17, 15) is 9.18 Å². The lowest BCUT2D eigenvalue weighted by atomic mass is 10.4. The maximum Gasteiger partial charge on any atom is 0.337 e. The van der Waals surface area contributed by atoms with Crippen molar-refractivity contribution in [2.45, 2.75) is 13.8 Å². The van der Waals surface area contributed by atoms with Crippen molar-refractivity contribution in [2.24, 2.45) is 0 Å². The predicted molar refractivity (Wildman–Crippen MR) is 35.8 cm³/mol. The Morgan fingerprint density at radius 2 is 2.10 bits per heavy atom. The first-order valence-corrected chi connectivity index (χ1v) is 2.75. The Morgan fingerprint density at radius 3 is 2.40 bits per heavy atom. The van der Waals surface area contributed by atoms with Gasteiger partial charge in [-0.3, -0.25) is 0 Å². The van der Waals surface area contributed by atoms with Crippen LogP contribution in [0.15, 0.2) is 24.2 Å². The molecule has 0 aliphatic rings. The number of allylic oxidation sites excluding steroid dienone is 1. The monoisotopic (exact) mass is 144 g/mol. The smallest absolute Gasteiger partial charge is 0.337 e. The van der Waals surface area contributed by atoms with Gasteiger partial charge in [-0.25, -0.2) is 4.79 Å². The van der Waals surface area contributed by atoms with Gasteiger partial charge >= 0.3 is 5.97 Å². The number of carbonyl (C=O) groups is 1. The van der Waals surface area contributed by atoms with E-state index in [4.69, 9.17) is 0 Å². The molecular formula is C7H9FO2. The van der Waals surface area contributed by atoms with Crippen LogP contribution in [0.25, 0.3) is 0 Å². The van der Waals surface area contributed by atoms with Crippen LogP contribution in [0.5, 0.6) is 0 Å². The number of halogens is 1. The highest BCUT2D eigenvalue weighted by Gasteiger charge is 2.01. The summed E-state index contributed by atoms with van der Waals surface area (Å²) >= 11 is 0. The zero-order valence-corrected chi connectivity index (χ0v) is 5.98. The second-order valence-corrected chi connectivity index (χ2v) is 1.90. The molecule has 0 amide bonds. The highest BCUT2D eigenvalue weighted by molar-refractivity contribution is 5.81. The predicted octanol–water partition coefficient (Wildman–Crippen LogP) is 1.94. The molecule has 0 saturated carbocycles. The largest absolute Gasteiger partial charge is 0.396 e. The molecule has 0 radical (unpaired) electrons. The molecule has 0 saturated heterocycles. The summed E-state index contributed by atoms with van der Waals surface area (Å²) in [4.78, 5) is 10.3. The number of rotatable bonds is 2. The van der Waals surface area contributed by atoms with Crippen molar-refractivity contribution in [3.8, 4) is 0 Å². The van der Waals surface area contributed by atoms with Gasteiger partial charge in [0.1, 0.15) is 0 Å². The van der Waals surface area contributed by atoms with Gasteiger partial charge in [0, 0.05) is 6.08 Å². The fraction of sp³-hybridized carbons (Fsp3) is 0.286. The van der Waals surface area contributed by atoms with E-state index in [0.29, 0.717) is 5.57 Å². The highest BCUT2D eigenvalue weighted by atomic mass is 19.1. The summed E-state index contributed by atoms with van der Waals surface area (Å²) < 4.78 is 16.5. The molecule has 56 valence electrons. The molecule has 0 aliphatic carbocycles. The minimum Gasteiger partial charge on any atom is -0.396 e. The van der Waals surface area contributed by atoms with Crippen molar-refractivity contribution < 1.29 is 13.9 Å². The molecule has 0 atom stereocenters. The van der Waals surface area contributed by atoms with Crippen molar-refractivity contribution in [3.05, 3.63) is 24.2 Å². The summed E-state index contributed by atoms with van der Waals surface area (Å²) in [7, 11) is 0. The molecular weight excluding hydrogens is 135 g/mol. The molecule has 0 N–H and O–H groups in total. The first-order chi connectivity index (χ1) is 4.57. The lowest BCUT2D eigenvalue weighted by Crippen LogP contribution is -1.97. The molecule has 0 aromatic rings. The van der Waals surface area contributed by atoms with Crippen LogP contribution in [0, 0.1) is 0 Å². The molecule has 0 spiro atoms. The average molecular weight is 144 g/mol. The Hall–Kier alpha value is -1.12. The first-order valence-electron chi connectivity index (χ1n) is 2.75. The third kappa shape index (κ3) is 3.02. The number of esters is 1. The van der Waals surface area contributed by atoms with Gasteiger partial charge in [0.25, 0.3) is 6.01 Å². The zero-order chi connectivity index (χ0) is 8.15. The van der Waals surface area contributed by atoms with Crippen molar-refractivity contribution in [3.63, 3.8) is 0 Å². The molecule has 2 nitrogen and oxygen atoms in total. The molecule has 0 aromatic heterocycles. The van der Waals surface area contributed by atoms with Crippen LogP contribution in [0.4, 0.5) is 4.39 Å². The summed E-state index contributed by atoms with van der Waals surface area (Å²) in [6.45, 7) is 6.12. The van der Waals surface area contributed by atoms with Crippen LogP contribution in [0.1, 0.15) is 13.8 Å². The zero-order valence-electron chi connectivity index (χ0n) is 5.98. The Bertz CT molecular complexity index is 178. The quantitative estimate of drug-likeness (QED) is 0.336. The topological polar surface area (TPSA) is 26.3 Å². The molecule has 0 bridgehead atoms. The van der Waals surface area contributed by atoms with Crippen molar-refractivity contribution in [1.29, 1.82) is 0 Å². The normalized spacial score (nSPS) is 8.30. The minimum atomic E-state index is -0.857. The van der Waals surface area contributed by atoms with Crippen LogP contribution in [-0.4, -0.2) is 5.97 Å². The summed E-state index contributed by atoms with van der Waals surface area (Å²) in [6.07, 6.45) is 0.905. The van der Waals surface area contributed by atoms with Crippen molar-refractivity contribution >= 4 is 5.97 Å². The Balaban J connectivity index is 4.04. The van der Waals surface area contributed by atoms with E-state index in [2.05, 4.69) is 11.3 Å². The van der Waals surface area contributed by atoms with Gasteiger partial charge in [-0.15, -0.1) is 0 Å². The van der Waals surface area contributed by atoms with E-state index in [1.807, 2.05) is 0 Å². The molecule has 0 rings (SSSR count). The third-order valence-corrected chi connectivity index (χ3v) is 0.750. The maximum atomic E-state index is 12.4. The van der Waals surface area contributed by atoms with Gasteiger partial charge in [0.05, 0.1) is 0 Å². The van der Waals surface area contributed by atoms with E-state index in [-0.39, 0.29) is 0 Å². The Kier molecular flexibility index (Phi) is 3.39. The molecule has 0 fully saturated rings. The van der Waals surface area contributed by atoms with E-state index in [1.54, 1.807) is 0 Å². The van der Waals surface area contributed by atoms with E-state index in [1.165, 1.54) is 13.8 Å². The van der Waals surface area contributed by atoms with E-state index < -0.39 is 12.0 Å². The van der Waals surface area contributed by atoms with Gasteiger partial charge in [-0.2, -0.15) is 4.39 Å². The van der Waals surface area contributed by atoms with Gasteiger partial charge in [0.15, 0.2) is 0 Å². The average Bonchev–Trinajstić information content (AvgIpc) is 1.87. The van der Waals surface area contributed by atoms with Crippen LogP contribution < -0.4 is 0 Å². The van der Waals surface area contributed by atoms with Gasteiger partial charge in [-0.1, -0.05) is 6.58 Å². The molecule has 0 aliphatic heterocycles. The number of hydrogen-bond donors (Lipinski definition) is 0. The summed E-state index contributed by atoms with van der Waals surface area (Å²) in [5.74, 6) is -0.779. The van der Waals surface area contributed by atoms with Crippen LogP contribution in [-0.2, 0) is 9.53 Å². The molecule has 0 unspecified atom stereocenters. The van der Waals surface area contributed by atoms with Crippen LogP contribution >= 0.6 is 0 Å². The second kappa shape index (κ2) is 3.82. The summed E-state index contributed by atoms with van der Waals surface area (Å²) in [5, 5.41) is 0. The first kappa shape index (κ1) is 8.88. The van der Waals surface area contributed by atoms with Crippen LogP contribution in [0.2, 0.25) is 0 Å². The lowest BCUT2D eigenvalue weighted by Gasteiger charge is -1.96. The molecule has 0 aromatic carbocycles. The Morgan fingerprint density at radius 1 is 1.60 bits per heavy atom. The fourth-order valence-electron chi connectivity index (χ4n) is 0.232.